The normalized spacial score (nSPS) is 12.3. The van der Waals surface area contributed by atoms with Gasteiger partial charge in [0.1, 0.15) is 12.6 Å². The van der Waals surface area contributed by atoms with Crippen LogP contribution in [0.2, 0.25) is 0 Å². The zero-order chi connectivity index (χ0) is 17.3. The maximum Gasteiger partial charge on any atom is 0.408 e. The lowest BCUT2D eigenvalue weighted by atomic mass is 10.2. The molecule has 1 aromatic rings. The van der Waals surface area contributed by atoms with E-state index in [0.717, 1.165) is 5.56 Å². The smallest absolute Gasteiger partial charge is 0.408 e. The Hall–Kier alpha value is -1.80. The van der Waals surface area contributed by atoms with Crippen molar-refractivity contribution >= 4 is 31.8 Å². The van der Waals surface area contributed by atoms with Crippen molar-refractivity contribution in [2.24, 2.45) is 0 Å². The molecular formula is C14H18ClNO6S. The van der Waals surface area contributed by atoms with E-state index in [2.05, 4.69) is 5.32 Å². The lowest BCUT2D eigenvalue weighted by molar-refractivity contribution is -0.145. The highest BCUT2D eigenvalue weighted by atomic mass is 35.7. The van der Waals surface area contributed by atoms with E-state index in [1.807, 2.05) is 6.07 Å². The molecule has 0 aromatic heterocycles. The standard InChI is InChI=1S/C14H18ClNO6S/c1-2-21-13(17)12(8-9-23(15,19)20)16-14(18)22-10-11-6-4-3-5-7-11/h3-7,12H,2,8-10H2,1H3,(H,16,18)/t12-/m0/s1. The third-order valence-electron chi connectivity index (χ3n) is 2.73. The molecule has 0 saturated carbocycles. The molecule has 1 rings (SSSR count). The van der Waals surface area contributed by atoms with E-state index in [4.69, 9.17) is 20.2 Å². The summed E-state index contributed by atoms with van der Waals surface area (Å²) in [5, 5.41) is 2.29. The van der Waals surface area contributed by atoms with Gasteiger partial charge in [0.05, 0.1) is 12.4 Å². The van der Waals surface area contributed by atoms with Gasteiger partial charge in [0.15, 0.2) is 0 Å². The predicted molar refractivity (Wildman–Crippen MR) is 84.4 cm³/mol. The Balaban J connectivity index is 2.56. The average molecular weight is 364 g/mol. The zero-order valence-electron chi connectivity index (χ0n) is 12.5. The van der Waals surface area contributed by atoms with Crippen molar-refractivity contribution in [2.45, 2.75) is 26.0 Å². The number of carbonyl (C=O) groups excluding carboxylic acids is 2. The number of rotatable bonds is 8. The van der Waals surface area contributed by atoms with Gasteiger partial charge in [-0.1, -0.05) is 30.3 Å². The van der Waals surface area contributed by atoms with Crippen LogP contribution in [0.15, 0.2) is 30.3 Å². The fraction of sp³-hybridized carbons (Fsp3) is 0.429. The molecule has 0 aliphatic carbocycles. The summed E-state index contributed by atoms with van der Waals surface area (Å²) in [4.78, 5) is 23.5. The Morgan fingerprint density at radius 2 is 1.87 bits per heavy atom. The van der Waals surface area contributed by atoms with Crippen molar-refractivity contribution in [3.05, 3.63) is 35.9 Å². The van der Waals surface area contributed by atoms with Crippen molar-refractivity contribution in [3.63, 3.8) is 0 Å². The van der Waals surface area contributed by atoms with Crippen molar-refractivity contribution in [2.75, 3.05) is 12.4 Å². The largest absolute Gasteiger partial charge is 0.464 e. The lowest BCUT2D eigenvalue weighted by Crippen LogP contribution is -2.43. The van der Waals surface area contributed by atoms with Gasteiger partial charge in [-0.25, -0.2) is 18.0 Å². The van der Waals surface area contributed by atoms with E-state index in [1.165, 1.54) is 0 Å². The van der Waals surface area contributed by atoms with Gasteiger partial charge in [-0.15, -0.1) is 0 Å². The lowest BCUT2D eigenvalue weighted by Gasteiger charge is -2.16. The van der Waals surface area contributed by atoms with Crippen LogP contribution in [0.3, 0.4) is 0 Å². The molecule has 0 heterocycles. The van der Waals surface area contributed by atoms with Crippen LogP contribution in [0, 0.1) is 0 Å². The summed E-state index contributed by atoms with van der Waals surface area (Å²) in [6.45, 7) is 1.72. The number of nitrogens with one attached hydrogen (secondary N) is 1. The highest BCUT2D eigenvalue weighted by molar-refractivity contribution is 8.13. The number of alkyl carbamates (subject to hydrolysis) is 1. The quantitative estimate of drug-likeness (QED) is 0.558. The first kappa shape index (κ1) is 19.2. The summed E-state index contributed by atoms with van der Waals surface area (Å²) in [5.74, 6) is -1.22. The second-order valence-electron chi connectivity index (χ2n) is 4.54. The first-order valence-electron chi connectivity index (χ1n) is 6.88. The van der Waals surface area contributed by atoms with Crippen LogP contribution in [-0.2, 0) is 29.9 Å². The molecule has 0 bridgehead atoms. The fourth-order valence-electron chi connectivity index (χ4n) is 1.66. The van der Waals surface area contributed by atoms with Crippen LogP contribution in [0.4, 0.5) is 4.79 Å². The first-order valence-corrected chi connectivity index (χ1v) is 9.36. The van der Waals surface area contributed by atoms with Gasteiger partial charge in [0.25, 0.3) is 0 Å². The molecule has 0 fully saturated rings. The summed E-state index contributed by atoms with van der Waals surface area (Å²) < 4.78 is 31.7. The van der Waals surface area contributed by atoms with Gasteiger partial charge in [-0.2, -0.15) is 0 Å². The summed E-state index contributed by atoms with van der Waals surface area (Å²) in [6, 6.07) is 7.82. The molecule has 7 nitrogen and oxygen atoms in total. The number of benzene rings is 1. The number of esters is 1. The molecule has 0 unspecified atom stereocenters. The van der Waals surface area contributed by atoms with E-state index in [0.29, 0.717) is 0 Å². The summed E-state index contributed by atoms with van der Waals surface area (Å²) >= 11 is 0. The maximum atomic E-state index is 11.7. The number of ether oxygens (including phenoxy) is 2. The van der Waals surface area contributed by atoms with Crippen LogP contribution in [0.5, 0.6) is 0 Å². The monoisotopic (exact) mass is 363 g/mol. The minimum Gasteiger partial charge on any atom is -0.464 e. The van der Waals surface area contributed by atoms with E-state index in [9.17, 15) is 18.0 Å². The Morgan fingerprint density at radius 1 is 1.22 bits per heavy atom. The molecule has 128 valence electrons. The molecule has 0 aliphatic heterocycles. The number of amides is 1. The second kappa shape index (κ2) is 9.36. The molecule has 9 heteroatoms. The Kier molecular flexibility index (Phi) is 7.84. The van der Waals surface area contributed by atoms with Crippen molar-refractivity contribution in [1.82, 2.24) is 5.32 Å². The van der Waals surface area contributed by atoms with Gasteiger partial charge in [-0.05, 0) is 18.9 Å². The zero-order valence-corrected chi connectivity index (χ0v) is 14.1. The Morgan fingerprint density at radius 3 is 2.43 bits per heavy atom. The van der Waals surface area contributed by atoms with E-state index in [1.54, 1.807) is 31.2 Å². The average Bonchev–Trinajstić information content (AvgIpc) is 2.49. The third kappa shape index (κ3) is 8.41. The molecule has 0 radical (unpaired) electrons. The molecular weight excluding hydrogens is 346 g/mol. The molecule has 0 spiro atoms. The SMILES string of the molecule is CCOC(=O)[C@H](CCS(=O)(=O)Cl)NC(=O)OCc1ccccc1. The van der Waals surface area contributed by atoms with Crippen LogP contribution >= 0.6 is 10.7 Å². The van der Waals surface area contributed by atoms with Crippen molar-refractivity contribution in [3.8, 4) is 0 Å². The van der Waals surface area contributed by atoms with Gasteiger partial charge in [-0.3, -0.25) is 0 Å². The minimum absolute atomic E-state index is 0.0238. The molecule has 0 saturated heterocycles. The molecule has 1 aromatic carbocycles. The van der Waals surface area contributed by atoms with Crippen LogP contribution < -0.4 is 5.32 Å². The summed E-state index contributed by atoms with van der Waals surface area (Å²) in [5.41, 5.74) is 0.777. The van der Waals surface area contributed by atoms with Gasteiger partial charge in [0.2, 0.25) is 9.05 Å². The summed E-state index contributed by atoms with van der Waals surface area (Å²) in [7, 11) is 1.33. The van der Waals surface area contributed by atoms with Gasteiger partial charge < -0.3 is 14.8 Å². The maximum absolute atomic E-state index is 11.7. The third-order valence-corrected chi connectivity index (χ3v) is 3.91. The van der Waals surface area contributed by atoms with Crippen molar-refractivity contribution < 1.29 is 27.5 Å². The van der Waals surface area contributed by atoms with E-state index >= 15 is 0 Å². The Bertz CT molecular complexity index is 619. The number of hydrogen-bond donors (Lipinski definition) is 1. The molecule has 0 aliphatic rings. The highest BCUT2D eigenvalue weighted by Gasteiger charge is 2.24. The second-order valence-corrected chi connectivity index (χ2v) is 7.44. The first-order chi connectivity index (χ1) is 10.8. The molecule has 1 N–H and O–H groups in total. The van der Waals surface area contributed by atoms with E-state index in [-0.39, 0.29) is 19.6 Å². The number of halogens is 1. The molecule has 23 heavy (non-hydrogen) atoms. The van der Waals surface area contributed by atoms with Crippen LogP contribution in [0.1, 0.15) is 18.9 Å². The Labute approximate surface area is 139 Å². The van der Waals surface area contributed by atoms with Crippen LogP contribution in [0.25, 0.3) is 0 Å². The summed E-state index contributed by atoms with van der Waals surface area (Å²) in [6.07, 6.45) is -1.05. The topological polar surface area (TPSA) is 98.8 Å². The molecule has 1 amide bonds. The van der Waals surface area contributed by atoms with Gasteiger partial charge >= 0.3 is 12.1 Å². The van der Waals surface area contributed by atoms with E-state index < -0.39 is 32.9 Å². The fourth-order valence-corrected chi connectivity index (χ4v) is 2.44. The predicted octanol–water partition coefficient (Wildman–Crippen LogP) is 1.80. The number of carbonyl (C=O) groups is 2. The van der Waals surface area contributed by atoms with Crippen molar-refractivity contribution in [1.29, 1.82) is 0 Å². The van der Waals surface area contributed by atoms with Crippen LogP contribution in [-0.4, -0.2) is 38.9 Å². The van der Waals surface area contributed by atoms with Gasteiger partial charge in [0, 0.05) is 10.7 Å². The highest BCUT2D eigenvalue weighted by Crippen LogP contribution is 2.06. The minimum atomic E-state index is -3.79. The number of hydrogen-bond acceptors (Lipinski definition) is 6. The molecule has 1 atom stereocenters.